The lowest BCUT2D eigenvalue weighted by atomic mass is 9.95. The van der Waals surface area contributed by atoms with Crippen molar-refractivity contribution in [3.63, 3.8) is 0 Å². The first kappa shape index (κ1) is 22.0. The third kappa shape index (κ3) is 5.05. The number of hydrogen-bond donors (Lipinski definition) is 1. The van der Waals surface area contributed by atoms with Crippen molar-refractivity contribution >= 4 is 29.1 Å². The van der Waals surface area contributed by atoms with Crippen LogP contribution in [0.15, 0.2) is 42.5 Å². The zero-order chi connectivity index (χ0) is 21.9. The quantitative estimate of drug-likeness (QED) is 0.738. The number of halogens is 4. The van der Waals surface area contributed by atoms with E-state index in [1.54, 1.807) is 29.2 Å². The van der Waals surface area contributed by atoms with E-state index in [0.29, 0.717) is 37.2 Å². The number of carbonyl (C=O) groups is 2. The lowest BCUT2D eigenvalue weighted by Gasteiger charge is -2.31. The Bertz CT molecular complexity index is 941. The van der Waals surface area contributed by atoms with Crippen LogP contribution in [-0.4, -0.2) is 36.9 Å². The molecule has 9 heteroatoms. The van der Waals surface area contributed by atoms with Crippen molar-refractivity contribution < 1.29 is 27.5 Å². The molecule has 0 saturated carbocycles. The first-order valence-corrected chi connectivity index (χ1v) is 9.68. The summed E-state index contributed by atoms with van der Waals surface area (Å²) in [5.74, 6) is -0.420. The molecule has 0 aromatic heterocycles. The Morgan fingerprint density at radius 3 is 2.47 bits per heavy atom. The van der Waals surface area contributed by atoms with Crippen LogP contribution in [0.3, 0.4) is 0 Å². The number of carbonyl (C=O) groups excluding carboxylic acids is 2. The normalized spacial score (nSPS) is 15.0. The third-order valence-electron chi connectivity index (χ3n) is 5.02. The second-order valence-electron chi connectivity index (χ2n) is 6.98. The van der Waals surface area contributed by atoms with Gasteiger partial charge in [-0.1, -0.05) is 17.7 Å². The van der Waals surface area contributed by atoms with Gasteiger partial charge in [0.25, 0.3) is 5.91 Å². The van der Waals surface area contributed by atoms with Gasteiger partial charge in [-0.3, -0.25) is 9.59 Å². The predicted octanol–water partition coefficient (Wildman–Crippen LogP) is 4.86. The average molecular weight is 441 g/mol. The van der Waals surface area contributed by atoms with E-state index in [1.165, 1.54) is 7.11 Å². The molecule has 0 aliphatic carbocycles. The molecule has 2 aromatic rings. The number of nitrogens with zero attached hydrogens (tertiary/aromatic N) is 1. The molecule has 0 radical (unpaired) electrons. The van der Waals surface area contributed by atoms with Crippen LogP contribution in [0.5, 0.6) is 5.75 Å². The van der Waals surface area contributed by atoms with Gasteiger partial charge in [-0.2, -0.15) is 13.2 Å². The molecule has 0 atom stereocenters. The molecular formula is C21H20ClF3N2O3. The zero-order valence-electron chi connectivity index (χ0n) is 16.1. The molecule has 0 spiro atoms. The molecule has 0 unspecified atom stereocenters. The monoisotopic (exact) mass is 440 g/mol. The number of rotatable bonds is 4. The summed E-state index contributed by atoms with van der Waals surface area (Å²) < 4.78 is 43.8. The summed E-state index contributed by atoms with van der Waals surface area (Å²) in [5, 5.41) is 2.52. The van der Waals surface area contributed by atoms with Crippen molar-refractivity contribution in [2.45, 2.75) is 19.0 Å². The summed E-state index contributed by atoms with van der Waals surface area (Å²) in [6, 6.07) is 9.60. The Morgan fingerprint density at radius 2 is 1.83 bits per heavy atom. The van der Waals surface area contributed by atoms with E-state index in [9.17, 15) is 22.8 Å². The number of anilines is 1. The van der Waals surface area contributed by atoms with E-state index in [4.69, 9.17) is 16.3 Å². The summed E-state index contributed by atoms with van der Waals surface area (Å²) in [7, 11) is 1.52. The molecule has 1 aliphatic heterocycles. The van der Waals surface area contributed by atoms with Crippen molar-refractivity contribution in [2.75, 3.05) is 25.5 Å². The third-order valence-corrected chi connectivity index (χ3v) is 5.35. The molecule has 2 aromatic carbocycles. The van der Waals surface area contributed by atoms with Gasteiger partial charge in [0.2, 0.25) is 5.91 Å². The number of nitrogens with one attached hydrogen (secondary N) is 1. The van der Waals surface area contributed by atoms with E-state index in [0.717, 1.165) is 18.2 Å². The van der Waals surface area contributed by atoms with E-state index in [1.807, 2.05) is 0 Å². The molecule has 5 nitrogen and oxygen atoms in total. The predicted molar refractivity (Wildman–Crippen MR) is 107 cm³/mol. The highest BCUT2D eigenvalue weighted by Crippen LogP contribution is 2.34. The number of likely N-dealkylation sites (tertiary alicyclic amines) is 1. The Balaban J connectivity index is 1.61. The Morgan fingerprint density at radius 1 is 1.13 bits per heavy atom. The molecule has 160 valence electrons. The van der Waals surface area contributed by atoms with Gasteiger partial charge in [-0.15, -0.1) is 0 Å². The number of amides is 2. The van der Waals surface area contributed by atoms with Crippen LogP contribution in [0.2, 0.25) is 5.02 Å². The summed E-state index contributed by atoms with van der Waals surface area (Å²) in [6.07, 6.45) is -3.73. The van der Waals surface area contributed by atoms with Crippen molar-refractivity contribution in [1.29, 1.82) is 0 Å². The molecule has 1 N–H and O–H groups in total. The SMILES string of the molecule is COc1cccc(C(=O)N2CCC(C(=O)Nc3cc(C(F)(F)F)ccc3Cl)CC2)c1. The first-order valence-electron chi connectivity index (χ1n) is 9.30. The Labute approximate surface area is 176 Å². The molecule has 1 fully saturated rings. The second-order valence-corrected chi connectivity index (χ2v) is 7.39. The summed E-state index contributed by atoms with van der Waals surface area (Å²) >= 11 is 5.94. The fraction of sp³-hybridized carbons (Fsp3) is 0.333. The van der Waals surface area contributed by atoms with Gasteiger partial charge in [0, 0.05) is 24.6 Å². The Hall–Kier alpha value is -2.74. The molecule has 3 rings (SSSR count). The first-order chi connectivity index (χ1) is 14.2. The molecule has 0 bridgehead atoms. The summed E-state index contributed by atoms with van der Waals surface area (Å²) in [5.41, 5.74) is -0.472. The number of methoxy groups -OCH3 is 1. The maximum absolute atomic E-state index is 12.9. The molecule has 30 heavy (non-hydrogen) atoms. The van der Waals surface area contributed by atoms with E-state index < -0.39 is 23.6 Å². The second kappa shape index (κ2) is 8.95. The number of hydrogen-bond acceptors (Lipinski definition) is 3. The van der Waals surface area contributed by atoms with Crippen LogP contribution in [0.1, 0.15) is 28.8 Å². The maximum atomic E-state index is 12.9. The van der Waals surface area contributed by atoms with Crippen LogP contribution in [0, 0.1) is 5.92 Å². The summed E-state index contributed by atoms with van der Waals surface area (Å²) in [4.78, 5) is 26.8. The minimum absolute atomic E-state index is 0.0296. The van der Waals surface area contributed by atoms with Crippen LogP contribution in [0.4, 0.5) is 18.9 Å². The zero-order valence-corrected chi connectivity index (χ0v) is 16.9. The standard InChI is InChI=1S/C21H20ClF3N2O3/c1-30-16-4-2-3-14(11-16)20(29)27-9-7-13(8-10-27)19(28)26-18-12-15(21(23,24)25)5-6-17(18)22/h2-6,11-13H,7-10H2,1H3,(H,26,28). The minimum Gasteiger partial charge on any atom is -0.497 e. The molecule has 1 saturated heterocycles. The average Bonchev–Trinajstić information content (AvgIpc) is 2.74. The number of ether oxygens (including phenoxy) is 1. The van der Waals surface area contributed by atoms with E-state index in [-0.39, 0.29) is 16.6 Å². The molecular weight excluding hydrogens is 421 g/mol. The smallest absolute Gasteiger partial charge is 0.416 e. The molecule has 1 aliphatic rings. The summed E-state index contributed by atoms with van der Waals surface area (Å²) in [6.45, 7) is 0.731. The van der Waals surface area contributed by atoms with Gasteiger partial charge in [-0.05, 0) is 49.2 Å². The van der Waals surface area contributed by atoms with Crippen LogP contribution >= 0.6 is 11.6 Å². The van der Waals surface area contributed by atoms with Gasteiger partial charge in [0.1, 0.15) is 5.75 Å². The van der Waals surface area contributed by atoms with Crippen LogP contribution in [-0.2, 0) is 11.0 Å². The van der Waals surface area contributed by atoms with E-state index >= 15 is 0 Å². The van der Waals surface area contributed by atoms with Crippen molar-refractivity contribution in [1.82, 2.24) is 4.90 Å². The maximum Gasteiger partial charge on any atom is 0.416 e. The van der Waals surface area contributed by atoms with Gasteiger partial charge >= 0.3 is 6.18 Å². The Kier molecular flexibility index (Phi) is 6.55. The van der Waals surface area contributed by atoms with Gasteiger partial charge in [-0.25, -0.2) is 0 Å². The molecule has 1 heterocycles. The number of piperidine rings is 1. The largest absolute Gasteiger partial charge is 0.497 e. The van der Waals surface area contributed by atoms with Crippen molar-refractivity contribution in [3.05, 3.63) is 58.6 Å². The number of alkyl halides is 3. The highest BCUT2D eigenvalue weighted by molar-refractivity contribution is 6.33. The van der Waals surface area contributed by atoms with Gasteiger partial charge in [0.15, 0.2) is 0 Å². The molecule has 2 amide bonds. The lowest BCUT2D eigenvalue weighted by molar-refractivity contribution is -0.137. The van der Waals surface area contributed by atoms with Crippen LogP contribution < -0.4 is 10.1 Å². The van der Waals surface area contributed by atoms with Crippen molar-refractivity contribution in [2.24, 2.45) is 5.92 Å². The van der Waals surface area contributed by atoms with Gasteiger partial charge in [0.05, 0.1) is 23.4 Å². The van der Waals surface area contributed by atoms with Crippen LogP contribution in [0.25, 0.3) is 0 Å². The lowest BCUT2D eigenvalue weighted by Crippen LogP contribution is -2.41. The van der Waals surface area contributed by atoms with Crippen molar-refractivity contribution in [3.8, 4) is 5.75 Å². The number of benzene rings is 2. The minimum atomic E-state index is -4.53. The van der Waals surface area contributed by atoms with Gasteiger partial charge < -0.3 is 15.0 Å². The van der Waals surface area contributed by atoms with E-state index in [2.05, 4.69) is 5.32 Å². The highest BCUT2D eigenvalue weighted by atomic mass is 35.5. The fourth-order valence-electron chi connectivity index (χ4n) is 3.32. The topological polar surface area (TPSA) is 58.6 Å². The highest BCUT2D eigenvalue weighted by Gasteiger charge is 2.32. The fourth-order valence-corrected chi connectivity index (χ4v) is 3.48.